The van der Waals surface area contributed by atoms with Gasteiger partial charge in [-0.25, -0.2) is 9.97 Å². The van der Waals surface area contributed by atoms with E-state index in [9.17, 15) is 0 Å². The number of aryl methyl sites for hydroxylation is 1. The monoisotopic (exact) mass is 271 g/mol. The van der Waals surface area contributed by atoms with Crippen LogP contribution in [0.2, 0.25) is 0 Å². The number of fused-ring (bicyclic) bond motifs is 1. The molecule has 0 spiro atoms. The van der Waals surface area contributed by atoms with Crippen LogP contribution in [0, 0.1) is 6.92 Å². The van der Waals surface area contributed by atoms with Gasteiger partial charge in [-0.2, -0.15) is 0 Å². The highest BCUT2D eigenvalue weighted by atomic mass is 35.5. The van der Waals surface area contributed by atoms with Crippen LogP contribution < -0.4 is 0 Å². The van der Waals surface area contributed by atoms with E-state index in [-0.39, 0.29) is 0 Å². The Kier molecular flexibility index (Phi) is 3.22. The molecule has 0 bridgehead atoms. The molecule has 0 atom stereocenters. The number of imidazole rings is 1. The second-order valence-electron chi connectivity index (χ2n) is 4.58. The van der Waals surface area contributed by atoms with Gasteiger partial charge in [-0.1, -0.05) is 29.8 Å². The number of rotatable bonds is 3. The molecule has 19 heavy (non-hydrogen) atoms. The third-order valence-corrected chi connectivity index (χ3v) is 3.36. The lowest BCUT2D eigenvalue weighted by Gasteiger charge is -2.07. The third-order valence-electron chi connectivity index (χ3n) is 3.13. The fourth-order valence-corrected chi connectivity index (χ4v) is 2.47. The van der Waals surface area contributed by atoms with E-state index in [4.69, 9.17) is 11.6 Å². The van der Waals surface area contributed by atoms with Gasteiger partial charge < -0.3 is 4.57 Å². The van der Waals surface area contributed by atoms with Gasteiger partial charge in [-0.05, 0) is 24.6 Å². The fourth-order valence-electron chi connectivity index (χ4n) is 2.27. The molecule has 2 heterocycles. The quantitative estimate of drug-likeness (QED) is 0.683. The zero-order chi connectivity index (χ0) is 13.2. The lowest BCUT2D eigenvalue weighted by atomic mass is 10.1. The maximum atomic E-state index is 5.99. The first-order chi connectivity index (χ1) is 9.28. The van der Waals surface area contributed by atoms with Crippen LogP contribution in [-0.4, -0.2) is 14.5 Å². The van der Waals surface area contributed by atoms with E-state index in [1.807, 2.05) is 12.1 Å². The first-order valence-corrected chi connectivity index (χ1v) is 6.73. The van der Waals surface area contributed by atoms with Crippen LogP contribution in [0.4, 0.5) is 0 Å². The predicted octanol–water partition coefficient (Wildman–Crippen LogP) is 3.53. The predicted molar refractivity (Wildman–Crippen MR) is 77.4 cm³/mol. The van der Waals surface area contributed by atoms with Crippen LogP contribution in [0.25, 0.3) is 11.2 Å². The molecule has 4 heteroatoms. The summed E-state index contributed by atoms with van der Waals surface area (Å²) in [5.74, 6) is 1.25. The van der Waals surface area contributed by atoms with Crippen molar-refractivity contribution in [3.05, 3.63) is 59.5 Å². The Morgan fingerprint density at radius 1 is 1.21 bits per heavy atom. The normalized spacial score (nSPS) is 11.1. The van der Waals surface area contributed by atoms with Crippen molar-refractivity contribution in [3.8, 4) is 0 Å². The van der Waals surface area contributed by atoms with Crippen LogP contribution in [0.3, 0.4) is 0 Å². The van der Waals surface area contributed by atoms with E-state index in [0.29, 0.717) is 5.88 Å². The van der Waals surface area contributed by atoms with Gasteiger partial charge in [-0.15, -0.1) is 11.6 Å². The summed E-state index contributed by atoms with van der Waals surface area (Å²) in [6.45, 7) is 2.84. The molecule has 1 aromatic carbocycles. The van der Waals surface area contributed by atoms with E-state index in [1.165, 1.54) is 11.1 Å². The number of alkyl halides is 1. The third kappa shape index (κ3) is 2.34. The van der Waals surface area contributed by atoms with Gasteiger partial charge in [0.25, 0.3) is 0 Å². The van der Waals surface area contributed by atoms with Crippen molar-refractivity contribution in [2.24, 2.45) is 0 Å². The lowest BCUT2D eigenvalue weighted by molar-refractivity contribution is 0.770. The Bertz CT molecular complexity index is 718. The molecule has 0 saturated heterocycles. The summed E-state index contributed by atoms with van der Waals surface area (Å²) < 4.78 is 2.08. The molecule has 2 aromatic heterocycles. The molecule has 0 amide bonds. The van der Waals surface area contributed by atoms with Crippen LogP contribution in [0.15, 0.2) is 42.6 Å². The van der Waals surface area contributed by atoms with Crippen molar-refractivity contribution in [1.82, 2.24) is 14.5 Å². The molecule has 0 aliphatic heterocycles. The molecule has 3 aromatic rings. The van der Waals surface area contributed by atoms with Crippen molar-refractivity contribution < 1.29 is 0 Å². The smallest absolute Gasteiger partial charge is 0.160 e. The summed E-state index contributed by atoms with van der Waals surface area (Å²) >= 11 is 5.99. The highest BCUT2D eigenvalue weighted by Crippen LogP contribution is 2.17. The highest BCUT2D eigenvalue weighted by Gasteiger charge is 2.10. The van der Waals surface area contributed by atoms with E-state index in [2.05, 4.69) is 45.7 Å². The van der Waals surface area contributed by atoms with Crippen molar-refractivity contribution in [2.45, 2.75) is 19.3 Å². The lowest BCUT2D eigenvalue weighted by Crippen LogP contribution is -2.04. The van der Waals surface area contributed by atoms with E-state index in [0.717, 1.165) is 23.5 Å². The van der Waals surface area contributed by atoms with Gasteiger partial charge in [0.05, 0.1) is 12.4 Å². The summed E-state index contributed by atoms with van der Waals surface area (Å²) in [5.41, 5.74) is 4.27. The SMILES string of the molecule is Cc1cccc(Cn2c(CCl)nc3cccnc32)c1. The number of hydrogen-bond acceptors (Lipinski definition) is 2. The average Bonchev–Trinajstić information content (AvgIpc) is 2.77. The minimum atomic E-state index is 0.391. The average molecular weight is 272 g/mol. The Labute approximate surface area is 116 Å². The van der Waals surface area contributed by atoms with Crippen molar-refractivity contribution in [1.29, 1.82) is 0 Å². The second-order valence-corrected chi connectivity index (χ2v) is 4.85. The summed E-state index contributed by atoms with van der Waals surface area (Å²) in [6, 6.07) is 12.3. The molecule has 0 N–H and O–H groups in total. The molecule has 0 aliphatic rings. The number of nitrogens with zero attached hydrogens (tertiary/aromatic N) is 3. The fraction of sp³-hybridized carbons (Fsp3) is 0.200. The standard InChI is InChI=1S/C15H14ClN3/c1-11-4-2-5-12(8-11)10-19-14(9-16)18-13-6-3-7-17-15(13)19/h2-8H,9-10H2,1H3. The van der Waals surface area contributed by atoms with E-state index >= 15 is 0 Å². The van der Waals surface area contributed by atoms with Gasteiger partial charge in [0, 0.05) is 6.20 Å². The van der Waals surface area contributed by atoms with Gasteiger partial charge >= 0.3 is 0 Å². The Morgan fingerprint density at radius 3 is 2.89 bits per heavy atom. The van der Waals surface area contributed by atoms with E-state index in [1.54, 1.807) is 6.20 Å². The topological polar surface area (TPSA) is 30.7 Å². The Morgan fingerprint density at radius 2 is 2.11 bits per heavy atom. The van der Waals surface area contributed by atoms with Gasteiger partial charge in [0.2, 0.25) is 0 Å². The van der Waals surface area contributed by atoms with Crippen LogP contribution >= 0.6 is 11.6 Å². The number of aromatic nitrogens is 3. The van der Waals surface area contributed by atoms with Crippen LogP contribution in [0.5, 0.6) is 0 Å². The first kappa shape index (κ1) is 12.2. The maximum Gasteiger partial charge on any atom is 0.160 e. The Hall–Kier alpha value is -1.87. The molecular weight excluding hydrogens is 258 g/mol. The van der Waals surface area contributed by atoms with Crippen LogP contribution in [-0.2, 0) is 12.4 Å². The first-order valence-electron chi connectivity index (χ1n) is 6.19. The summed E-state index contributed by atoms with van der Waals surface area (Å²) in [7, 11) is 0. The number of pyridine rings is 1. The Balaban J connectivity index is 2.08. The second kappa shape index (κ2) is 5.02. The zero-order valence-corrected chi connectivity index (χ0v) is 11.4. The highest BCUT2D eigenvalue weighted by molar-refractivity contribution is 6.16. The van der Waals surface area contributed by atoms with Crippen molar-refractivity contribution in [3.63, 3.8) is 0 Å². The molecule has 0 unspecified atom stereocenters. The van der Waals surface area contributed by atoms with Crippen molar-refractivity contribution >= 4 is 22.8 Å². The number of halogens is 1. The molecule has 0 fully saturated rings. The van der Waals surface area contributed by atoms with Crippen LogP contribution in [0.1, 0.15) is 17.0 Å². The largest absolute Gasteiger partial charge is 0.307 e. The molecule has 96 valence electrons. The molecule has 0 aliphatic carbocycles. The minimum Gasteiger partial charge on any atom is -0.307 e. The van der Waals surface area contributed by atoms with Crippen molar-refractivity contribution in [2.75, 3.05) is 0 Å². The maximum absolute atomic E-state index is 5.99. The number of hydrogen-bond donors (Lipinski definition) is 0. The van der Waals surface area contributed by atoms with Gasteiger partial charge in [-0.3, -0.25) is 0 Å². The summed E-state index contributed by atoms with van der Waals surface area (Å²) in [4.78, 5) is 8.93. The summed E-state index contributed by atoms with van der Waals surface area (Å²) in [6.07, 6.45) is 1.79. The zero-order valence-electron chi connectivity index (χ0n) is 10.7. The van der Waals surface area contributed by atoms with Gasteiger partial charge in [0.1, 0.15) is 11.3 Å². The molecular formula is C15H14ClN3. The summed E-state index contributed by atoms with van der Waals surface area (Å²) in [5, 5.41) is 0. The molecule has 3 nitrogen and oxygen atoms in total. The molecule has 0 saturated carbocycles. The molecule has 0 radical (unpaired) electrons. The van der Waals surface area contributed by atoms with E-state index < -0.39 is 0 Å². The van der Waals surface area contributed by atoms with Gasteiger partial charge in [0.15, 0.2) is 5.65 Å². The molecule has 3 rings (SSSR count). The minimum absolute atomic E-state index is 0.391. The number of benzene rings is 1.